The van der Waals surface area contributed by atoms with Crippen molar-refractivity contribution in [2.45, 2.75) is 38.7 Å². The number of fused-ring (bicyclic) bond motifs is 4. The molecule has 6 rings (SSSR count). The molecule has 4 aromatic heterocycles. The second kappa shape index (κ2) is 11.2. The van der Waals surface area contributed by atoms with Crippen molar-refractivity contribution in [1.82, 2.24) is 35.0 Å². The van der Waals surface area contributed by atoms with E-state index in [0.29, 0.717) is 57.0 Å². The Hall–Kier alpha value is -4.78. The van der Waals surface area contributed by atoms with Crippen molar-refractivity contribution in [1.29, 1.82) is 0 Å². The maximum atomic E-state index is 13.9. The van der Waals surface area contributed by atoms with Gasteiger partial charge in [0.05, 0.1) is 23.3 Å². The van der Waals surface area contributed by atoms with Crippen molar-refractivity contribution in [3.05, 3.63) is 87.9 Å². The Morgan fingerprint density at radius 2 is 1.98 bits per heavy atom. The zero-order valence-electron chi connectivity index (χ0n) is 22.1. The highest BCUT2D eigenvalue weighted by molar-refractivity contribution is 6.31. The predicted molar refractivity (Wildman–Crippen MR) is 148 cm³/mol. The Balaban J connectivity index is 1.45. The third kappa shape index (κ3) is 5.18. The van der Waals surface area contributed by atoms with Gasteiger partial charge in [0, 0.05) is 45.4 Å². The van der Waals surface area contributed by atoms with E-state index in [1.807, 2.05) is 0 Å². The Bertz CT molecular complexity index is 1820. The zero-order chi connectivity index (χ0) is 29.4. The van der Waals surface area contributed by atoms with Crippen LogP contribution in [0.25, 0.3) is 28.3 Å². The first-order chi connectivity index (χ1) is 20.3. The molecule has 0 spiro atoms. The summed E-state index contributed by atoms with van der Waals surface area (Å²) in [6.45, 7) is -1.17. The maximum Gasteiger partial charge on any atom is 0.340 e. The number of rotatable bonds is 4. The predicted octanol–water partition coefficient (Wildman–Crippen LogP) is 5.48. The summed E-state index contributed by atoms with van der Waals surface area (Å²) >= 11 is 6.26. The number of alkyl halides is 2. The molecular formula is C28H23ClF2N8O3. The van der Waals surface area contributed by atoms with Crippen LogP contribution in [0.5, 0.6) is 0 Å². The number of carbonyl (C=O) groups excluding carboxylic acids is 1. The third-order valence-corrected chi connectivity index (χ3v) is 7.51. The molecule has 1 N–H and O–H groups in total. The van der Waals surface area contributed by atoms with Crippen LogP contribution in [0.4, 0.5) is 14.5 Å². The first kappa shape index (κ1) is 27.4. The lowest BCUT2D eigenvalue weighted by molar-refractivity contribution is -0.119. The minimum absolute atomic E-state index is 0.0481. The normalized spacial score (nSPS) is 17.3. The molecule has 0 saturated carbocycles. The Kier molecular flexibility index (Phi) is 7.33. The van der Waals surface area contributed by atoms with Crippen LogP contribution in [0.2, 0.25) is 5.02 Å². The van der Waals surface area contributed by atoms with Crippen LogP contribution in [-0.4, -0.2) is 40.9 Å². The average Bonchev–Trinajstić information content (AvgIpc) is 3.66. The third-order valence-electron chi connectivity index (χ3n) is 7.28. The summed E-state index contributed by atoms with van der Waals surface area (Å²) in [5.74, 6) is -0.997. The lowest BCUT2D eigenvalue weighted by Gasteiger charge is -2.20. The van der Waals surface area contributed by atoms with Gasteiger partial charge in [-0.3, -0.25) is 9.78 Å². The number of nitrogens with one attached hydrogen (secondary N) is 1. The number of nitrogens with zero attached hydrogens (tertiary/aromatic N) is 7. The molecule has 0 fully saturated rings. The molecule has 14 heteroatoms. The van der Waals surface area contributed by atoms with Crippen LogP contribution in [0.3, 0.4) is 0 Å². The van der Waals surface area contributed by atoms with Gasteiger partial charge in [-0.05, 0) is 65.7 Å². The lowest BCUT2D eigenvalue weighted by atomic mass is 9.88. The minimum atomic E-state index is -2.94. The topological polar surface area (TPSA) is 134 Å². The van der Waals surface area contributed by atoms with E-state index in [9.17, 15) is 18.4 Å². The molecule has 42 heavy (non-hydrogen) atoms. The largest absolute Gasteiger partial charge is 0.422 e. The summed E-state index contributed by atoms with van der Waals surface area (Å²) in [4.78, 5) is 30.9. The summed E-state index contributed by atoms with van der Waals surface area (Å²) in [7, 11) is 0. The van der Waals surface area contributed by atoms with E-state index in [1.54, 1.807) is 49.4 Å². The van der Waals surface area contributed by atoms with Crippen molar-refractivity contribution < 1.29 is 18.0 Å². The van der Waals surface area contributed by atoms with Gasteiger partial charge in [0.1, 0.15) is 12.1 Å². The molecule has 1 aliphatic heterocycles. The Morgan fingerprint density at radius 1 is 1.12 bits per heavy atom. The minimum Gasteiger partial charge on any atom is -0.422 e. The van der Waals surface area contributed by atoms with Gasteiger partial charge < -0.3 is 9.73 Å². The van der Waals surface area contributed by atoms with Crippen molar-refractivity contribution in [3.8, 4) is 28.3 Å². The summed E-state index contributed by atoms with van der Waals surface area (Å²) < 4.78 is 35.6. The molecule has 0 aliphatic carbocycles. The first-order valence-electron chi connectivity index (χ1n) is 13.1. The van der Waals surface area contributed by atoms with Gasteiger partial charge >= 0.3 is 12.2 Å². The smallest absolute Gasteiger partial charge is 0.340 e. The summed E-state index contributed by atoms with van der Waals surface area (Å²) in [5.41, 5.74) is 1.89. The zero-order valence-corrected chi connectivity index (χ0v) is 22.9. The highest BCUT2D eigenvalue weighted by atomic mass is 35.5. The number of pyridine rings is 1. The molecule has 1 aliphatic rings. The van der Waals surface area contributed by atoms with Gasteiger partial charge in [0.15, 0.2) is 0 Å². The number of aromatic nitrogens is 7. The van der Waals surface area contributed by atoms with E-state index < -0.39 is 24.0 Å². The fourth-order valence-electron chi connectivity index (χ4n) is 5.16. The van der Waals surface area contributed by atoms with E-state index >= 15 is 0 Å². The van der Waals surface area contributed by atoms with Gasteiger partial charge in [-0.2, -0.15) is 18.6 Å². The van der Waals surface area contributed by atoms with E-state index in [0.717, 1.165) is 0 Å². The second-order valence-electron chi connectivity index (χ2n) is 9.93. The fraction of sp³-hybridized carbons (Fsp3) is 0.250. The standard InChI is InChI=1S/C28H23ClF2N8O3/c1-15-3-2-4-18(21-11-16(9-10-32-21)25-22(35-26(15)40)13-34-39(25)28(30)31)19-6-8-24(42-27(19)41)20-12-17(29)5-7-23(20)38-14-33-36-37-38/h5-15,18,28H,2-4H2,1H3,(H,35,40)/t15-,18+/m1/s1. The quantitative estimate of drug-likeness (QED) is 0.290. The van der Waals surface area contributed by atoms with Crippen LogP contribution in [0.15, 0.2) is 70.4 Å². The molecule has 0 radical (unpaired) electrons. The summed E-state index contributed by atoms with van der Waals surface area (Å²) in [6.07, 6.45) is 5.67. The second-order valence-corrected chi connectivity index (χ2v) is 10.4. The van der Waals surface area contributed by atoms with Crippen LogP contribution >= 0.6 is 11.6 Å². The fourth-order valence-corrected chi connectivity index (χ4v) is 5.33. The van der Waals surface area contributed by atoms with Gasteiger partial charge in [-0.25, -0.2) is 9.48 Å². The van der Waals surface area contributed by atoms with E-state index in [1.165, 1.54) is 23.4 Å². The van der Waals surface area contributed by atoms with Crippen molar-refractivity contribution in [2.75, 3.05) is 5.32 Å². The molecule has 1 aromatic carbocycles. The number of carbonyl (C=O) groups is 1. The molecule has 214 valence electrons. The summed E-state index contributed by atoms with van der Waals surface area (Å²) in [6, 6.07) is 11.6. The van der Waals surface area contributed by atoms with E-state index in [2.05, 4.69) is 30.9 Å². The number of hydrogen-bond donors (Lipinski definition) is 1. The number of benzene rings is 1. The van der Waals surface area contributed by atoms with Crippen molar-refractivity contribution in [3.63, 3.8) is 0 Å². The molecule has 5 heterocycles. The van der Waals surface area contributed by atoms with Crippen molar-refractivity contribution in [2.24, 2.45) is 5.92 Å². The molecule has 2 bridgehead atoms. The van der Waals surface area contributed by atoms with Crippen LogP contribution < -0.4 is 10.9 Å². The molecule has 0 unspecified atom stereocenters. The van der Waals surface area contributed by atoms with E-state index in [4.69, 9.17) is 16.0 Å². The molecule has 2 atom stereocenters. The van der Waals surface area contributed by atoms with Gasteiger partial charge in [0.25, 0.3) is 0 Å². The average molecular weight is 593 g/mol. The highest BCUT2D eigenvalue weighted by Gasteiger charge is 2.27. The number of halogens is 3. The van der Waals surface area contributed by atoms with Gasteiger partial charge in [-0.15, -0.1) is 5.10 Å². The van der Waals surface area contributed by atoms with E-state index in [-0.39, 0.29) is 23.0 Å². The van der Waals surface area contributed by atoms with Crippen LogP contribution in [0, 0.1) is 5.92 Å². The lowest BCUT2D eigenvalue weighted by Crippen LogP contribution is -2.22. The monoisotopic (exact) mass is 592 g/mol. The maximum absolute atomic E-state index is 13.9. The Labute approximate surface area is 242 Å². The molecule has 0 saturated heterocycles. The van der Waals surface area contributed by atoms with Gasteiger partial charge in [0.2, 0.25) is 5.91 Å². The first-order valence-corrected chi connectivity index (χ1v) is 13.5. The van der Waals surface area contributed by atoms with Gasteiger partial charge in [-0.1, -0.05) is 24.9 Å². The SMILES string of the molecule is C[C@@H]1CCC[C@@H](c2ccc(-c3cc(Cl)ccc3-n3cnnn3)oc2=O)c2cc(ccn2)-c2c(cnn2C(F)F)NC1=O. The number of tetrazole rings is 1. The molecule has 11 nitrogen and oxygen atoms in total. The number of anilines is 1. The highest BCUT2D eigenvalue weighted by Crippen LogP contribution is 2.36. The van der Waals surface area contributed by atoms with Crippen LogP contribution in [-0.2, 0) is 4.79 Å². The van der Waals surface area contributed by atoms with Crippen LogP contribution in [0.1, 0.15) is 49.9 Å². The van der Waals surface area contributed by atoms with Crippen molar-refractivity contribution >= 4 is 23.2 Å². The molecular weight excluding hydrogens is 570 g/mol. The summed E-state index contributed by atoms with van der Waals surface area (Å²) in [5, 5.41) is 18.2. The molecule has 5 aromatic rings. The molecule has 1 amide bonds. The number of amides is 1. The Morgan fingerprint density at radius 3 is 2.74 bits per heavy atom. The number of hydrogen-bond acceptors (Lipinski definition) is 8.